The van der Waals surface area contributed by atoms with Gasteiger partial charge in [0.1, 0.15) is 0 Å². The fraction of sp³-hybridized carbons (Fsp3) is 0. The summed E-state index contributed by atoms with van der Waals surface area (Å²) in [6, 6.07) is 18.4. The fourth-order valence-electron chi connectivity index (χ4n) is 2.14. The molecule has 0 radical (unpaired) electrons. The number of hydrogen-bond acceptors (Lipinski definition) is 1. The Morgan fingerprint density at radius 3 is 1.69 bits per heavy atom. The molecule has 0 spiro atoms. The molecule has 3 aromatic carbocycles. The zero-order valence-electron chi connectivity index (χ0n) is 9.07. The van der Waals surface area contributed by atoms with Crippen LogP contribution in [0.5, 0.6) is 0 Å². The SMILES string of the molecule is N#C[c-]1c2ccccc2c2ccccc21.[Na+]. The molecule has 16 heavy (non-hydrogen) atoms. The Morgan fingerprint density at radius 2 is 1.25 bits per heavy atom. The van der Waals surface area contributed by atoms with E-state index in [-0.39, 0.29) is 29.6 Å². The molecule has 0 saturated heterocycles. The monoisotopic (exact) mass is 213 g/mol. The maximum atomic E-state index is 9.17. The Labute approximate surface area is 116 Å². The van der Waals surface area contributed by atoms with Gasteiger partial charge in [-0.15, -0.1) is 33.7 Å². The summed E-state index contributed by atoms with van der Waals surface area (Å²) >= 11 is 0. The number of fused-ring (bicyclic) bond motifs is 3. The van der Waals surface area contributed by atoms with Crippen molar-refractivity contribution in [3.05, 3.63) is 54.1 Å². The summed E-state index contributed by atoms with van der Waals surface area (Å²) in [6.07, 6.45) is 0. The van der Waals surface area contributed by atoms with Gasteiger partial charge in [-0.1, -0.05) is 36.4 Å². The number of hydrogen-bond donors (Lipinski definition) is 0. The van der Waals surface area contributed by atoms with E-state index in [1.54, 1.807) is 0 Å². The van der Waals surface area contributed by atoms with E-state index in [0.717, 1.165) is 16.3 Å². The van der Waals surface area contributed by atoms with E-state index in [9.17, 15) is 5.26 Å². The zero-order chi connectivity index (χ0) is 10.3. The van der Waals surface area contributed by atoms with Gasteiger partial charge in [0.2, 0.25) is 0 Å². The van der Waals surface area contributed by atoms with Crippen molar-refractivity contribution in [1.82, 2.24) is 0 Å². The molecule has 1 nitrogen and oxygen atoms in total. The van der Waals surface area contributed by atoms with Crippen molar-refractivity contribution in [3.8, 4) is 6.07 Å². The topological polar surface area (TPSA) is 23.8 Å². The van der Waals surface area contributed by atoms with Crippen molar-refractivity contribution >= 4 is 21.5 Å². The minimum Gasteiger partial charge on any atom is -0.202 e. The van der Waals surface area contributed by atoms with E-state index in [0.29, 0.717) is 0 Å². The first-order valence-electron chi connectivity index (χ1n) is 4.88. The van der Waals surface area contributed by atoms with Gasteiger partial charge in [0.15, 0.2) is 0 Å². The Morgan fingerprint density at radius 1 is 0.812 bits per heavy atom. The Balaban J connectivity index is 0.000000963. The van der Waals surface area contributed by atoms with Crippen LogP contribution in [0.15, 0.2) is 48.5 Å². The average molecular weight is 213 g/mol. The summed E-state index contributed by atoms with van der Waals surface area (Å²) in [5.74, 6) is 0. The van der Waals surface area contributed by atoms with Crippen molar-refractivity contribution in [2.75, 3.05) is 0 Å². The van der Waals surface area contributed by atoms with Crippen LogP contribution in [-0.4, -0.2) is 0 Å². The standard InChI is InChI=1S/C14H8N.Na/c15-9-14-12-7-3-1-5-10(12)11-6-2-4-8-13(11)14;/h1-8H;/q-1;+1. The Bertz CT molecular complexity index is 635. The summed E-state index contributed by atoms with van der Waals surface area (Å²) in [6.45, 7) is 0. The third kappa shape index (κ3) is 1.47. The van der Waals surface area contributed by atoms with Gasteiger partial charge in [-0.25, -0.2) is 5.26 Å². The quantitative estimate of drug-likeness (QED) is 0.396. The molecule has 0 N–H and O–H groups in total. The van der Waals surface area contributed by atoms with Gasteiger partial charge in [0.25, 0.3) is 0 Å². The van der Waals surface area contributed by atoms with Crippen LogP contribution in [0.25, 0.3) is 21.5 Å². The van der Waals surface area contributed by atoms with Gasteiger partial charge in [0, 0.05) is 0 Å². The van der Waals surface area contributed by atoms with Gasteiger partial charge in [-0.3, -0.25) is 0 Å². The second-order valence-corrected chi connectivity index (χ2v) is 3.58. The van der Waals surface area contributed by atoms with Crippen molar-refractivity contribution in [2.45, 2.75) is 0 Å². The number of nitrogens with zero attached hydrogens (tertiary/aromatic N) is 1. The molecule has 70 valence electrons. The third-order valence-electron chi connectivity index (χ3n) is 2.79. The number of nitriles is 1. The summed E-state index contributed by atoms with van der Waals surface area (Å²) in [7, 11) is 0. The molecule has 0 aliphatic rings. The molecule has 0 fully saturated rings. The van der Waals surface area contributed by atoms with Crippen LogP contribution in [0, 0.1) is 11.3 Å². The Hall–Kier alpha value is -1.20. The first kappa shape index (κ1) is 11.3. The maximum Gasteiger partial charge on any atom is 1.00 e. The van der Waals surface area contributed by atoms with Crippen LogP contribution in [0.1, 0.15) is 5.56 Å². The summed E-state index contributed by atoms with van der Waals surface area (Å²) < 4.78 is 0. The van der Waals surface area contributed by atoms with Crippen molar-refractivity contribution in [1.29, 1.82) is 5.26 Å². The molecule has 0 amide bonds. The van der Waals surface area contributed by atoms with E-state index in [1.165, 1.54) is 10.8 Å². The second kappa shape index (κ2) is 4.35. The molecule has 0 aliphatic carbocycles. The molecule has 0 aliphatic heterocycles. The molecule has 0 unspecified atom stereocenters. The Kier molecular flexibility index (Phi) is 3.07. The minimum absolute atomic E-state index is 0. The van der Waals surface area contributed by atoms with Gasteiger partial charge in [0.05, 0.1) is 6.07 Å². The van der Waals surface area contributed by atoms with Crippen LogP contribution in [0.3, 0.4) is 0 Å². The predicted molar refractivity (Wildman–Crippen MR) is 61.8 cm³/mol. The van der Waals surface area contributed by atoms with Crippen LogP contribution >= 0.6 is 0 Å². The molecule has 3 rings (SSSR count). The maximum absolute atomic E-state index is 9.17. The normalized spacial score (nSPS) is 9.94. The van der Waals surface area contributed by atoms with Gasteiger partial charge in [-0.2, -0.15) is 0 Å². The van der Waals surface area contributed by atoms with E-state index < -0.39 is 0 Å². The molecule has 0 aromatic heterocycles. The van der Waals surface area contributed by atoms with Crippen molar-refractivity contribution in [2.24, 2.45) is 0 Å². The molecule has 2 heteroatoms. The van der Waals surface area contributed by atoms with E-state index in [1.807, 2.05) is 36.4 Å². The van der Waals surface area contributed by atoms with Crippen LogP contribution < -0.4 is 29.6 Å². The fourth-order valence-corrected chi connectivity index (χ4v) is 2.14. The molecular weight excluding hydrogens is 205 g/mol. The predicted octanol–water partition coefficient (Wildman–Crippen LogP) is 0.588. The minimum atomic E-state index is 0. The smallest absolute Gasteiger partial charge is 0.202 e. The summed E-state index contributed by atoms with van der Waals surface area (Å²) in [4.78, 5) is 0. The average Bonchev–Trinajstić information content (AvgIpc) is 2.63. The summed E-state index contributed by atoms with van der Waals surface area (Å²) in [5, 5.41) is 13.6. The van der Waals surface area contributed by atoms with Crippen molar-refractivity contribution in [3.63, 3.8) is 0 Å². The van der Waals surface area contributed by atoms with Crippen LogP contribution in [0.4, 0.5) is 0 Å². The molecular formula is C14H8NNa. The second-order valence-electron chi connectivity index (χ2n) is 3.58. The van der Waals surface area contributed by atoms with E-state index >= 15 is 0 Å². The largest absolute Gasteiger partial charge is 1.00 e. The van der Waals surface area contributed by atoms with Gasteiger partial charge >= 0.3 is 29.6 Å². The molecule has 0 heterocycles. The van der Waals surface area contributed by atoms with Gasteiger partial charge in [-0.05, 0) is 5.56 Å². The number of rotatable bonds is 0. The van der Waals surface area contributed by atoms with Crippen LogP contribution in [-0.2, 0) is 0 Å². The molecule has 0 bridgehead atoms. The van der Waals surface area contributed by atoms with E-state index in [4.69, 9.17) is 0 Å². The molecule has 3 aromatic rings. The van der Waals surface area contributed by atoms with Gasteiger partial charge < -0.3 is 0 Å². The first-order valence-corrected chi connectivity index (χ1v) is 4.88. The van der Waals surface area contributed by atoms with E-state index in [2.05, 4.69) is 18.2 Å². The third-order valence-corrected chi connectivity index (χ3v) is 2.79. The van der Waals surface area contributed by atoms with Crippen LogP contribution in [0.2, 0.25) is 0 Å². The molecule has 0 atom stereocenters. The van der Waals surface area contributed by atoms with Crippen molar-refractivity contribution < 1.29 is 29.6 Å². The number of benzene rings is 2. The molecule has 0 saturated carbocycles. The summed E-state index contributed by atoms with van der Waals surface area (Å²) in [5.41, 5.74) is 0.793. The first-order chi connectivity index (χ1) is 7.42. The zero-order valence-corrected chi connectivity index (χ0v) is 11.1.